The molecule has 0 spiro atoms. The van der Waals surface area contributed by atoms with E-state index in [0.717, 1.165) is 0 Å². The van der Waals surface area contributed by atoms with E-state index in [-0.39, 0.29) is 42.0 Å². The zero-order chi connectivity index (χ0) is 22.2. The van der Waals surface area contributed by atoms with E-state index in [4.69, 9.17) is 9.47 Å². The molecule has 3 aliphatic rings. The molecule has 31 heavy (non-hydrogen) atoms. The van der Waals surface area contributed by atoms with E-state index in [1.165, 1.54) is 0 Å². The van der Waals surface area contributed by atoms with E-state index in [1.54, 1.807) is 22.9 Å². The lowest BCUT2D eigenvalue weighted by atomic mass is 10.1. The van der Waals surface area contributed by atoms with Gasteiger partial charge in [0.25, 0.3) is 5.91 Å². The normalized spacial score (nSPS) is 26.3. The topological polar surface area (TPSA) is 96.5 Å². The monoisotopic (exact) mass is 451 g/mol. The molecule has 0 radical (unpaired) electrons. The Morgan fingerprint density at radius 3 is 2.45 bits per heavy atom. The average Bonchev–Trinajstić information content (AvgIpc) is 3.16. The highest BCUT2D eigenvalue weighted by molar-refractivity contribution is 7.91. The van der Waals surface area contributed by atoms with E-state index in [0.29, 0.717) is 44.1 Å². The molecule has 4 rings (SSSR count). The fraction of sp³-hybridized carbons (Fsp3) is 0.619. The Hall–Kier alpha value is -2.33. The summed E-state index contributed by atoms with van der Waals surface area (Å²) >= 11 is 0. The second-order valence-electron chi connectivity index (χ2n) is 8.41. The second-order valence-corrected chi connectivity index (χ2v) is 10.6. The van der Waals surface area contributed by atoms with E-state index >= 15 is 0 Å². The van der Waals surface area contributed by atoms with Crippen LogP contribution in [0.2, 0.25) is 0 Å². The summed E-state index contributed by atoms with van der Waals surface area (Å²) in [5.74, 6) is 1.20. The van der Waals surface area contributed by atoms with E-state index in [2.05, 4.69) is 0 Å². The molecule has 3 aliphatic heterocycles. The molecule has 9 nitrogen and oxygen atoms in total. The van der Waals surface area contributed by atoms with Crippen molar-refractivity contribution in [2.45, 2.75) is 31.5 Å². The summed E-state index contributed by atoms with van der Waals surface area (Å²) < 4.78 is 34.9. The lowest BCUT2D eigenvalue weighted by Gasteiger charge is -2.40. The Morgan fingerprint density at radius 2 is 1.81 bits per heavy atom. The molecule has 1 aromatic carbocycles. The molecule has 170 valence electrons. The van der Waals surface area contributed by atoms with Gasteiger partial charge in [0.2, 0.25) is 12.0 Å². The number of ether oxygens (including phenoxy) is 2. The van der Waals surface area contributed by atoms with Crippen LogP contribution >= 0.6 is 0 Å². The van der Waals surface area contributed by atoms with Crippen molar-refractivity contribution in [1.29, 1.82) is 0 Å². The second kappa shape index (κ2) is 8.66. The lowest BCUT2D eigenvalue weighted by molar-refractivity contribution is -0.144. The molecule has 0 saturated carbocycles. The maximum absolute atomic E-state index is 12.9. The molecule has 2 fully saturated rings. The van der Waals surface area contributed by atoms with Gasteiger partial charge in [0.1, 0.15) is 6.61 Å². The van der Waals surface area contributed by atoms with Gasteiger partial charge in [-0.2, -0.15) is 0 Å². The van der Waals surface area contributed by atoms with Crippen LogP contribution in [0.15, 0.2) is 24.3 Å². The molecule has 2 saturated heterocycles. The van der Waals surface area contributed by atoms with E-state index < -0.39 is 15.9 Å². The van der Waals surface area contributed by atoms with Gasteiger partial charge in [-0.05, 0) is 25.5 Å². The van der Waals surface area contributed by atoms with Crippen LogP contribution in [0, 0.1) is 0 Å². The minimum Gasteiger partial charge on any atom is -0.485 e. The Balaban J connectivity index is 1.29. The molecule has 0 bridgehead atoms. The summed E-state index contributed by atoms with van der Waals surface area (Å²) in [6.45, 7) is 4.16. The van der Waals surface area contributed by atoms with Gasteiger partial charge in [-0.15, -0.1) is 0 Å². The predicted octanol–water partition coefficient (Wildman–Crippen LogP) is 0.00460. The predicted molar refractivity (Wildman–Crippen MR) is 114 cm³/mol. The summed E-state index contributed by atoms with van der Waals surface area (Å²) in [5.41, 5.74) is 0. The standard InChI is InChI=1S/C21H29N3O6S/c1-15(20(25)22(2)16-7-12-31(27,28)14-16)23-8-10-24(11-9-23)21(26)19-13-29-17-5-3-4-6-18(17)30-19/h3-6,15-16,19H,7-14H2,1-2H3. The minimum atomic E-state index is -3.04. The van der Waals surface area contributed by atoms with Crippen LogP contribution in [0.4, 0.5) is 0 Å². The number of fused-ring (bicyclic) bond motifs is 1. The van der Waals surface area contributed by atoms with Crippen molar-refractivity contribution >= 4 is 21.7 Å². The molecule has 10 heteroatoms. The van der Waals surface area contributed by atoms with Gasteiger partial charge in [0.05, 0.1) is 17.5 Å². The third-order valence-corrected chi connectivity index (χ3v) is 8.17. The summed E-state index contributed by atoms with van der Waals surface area (Å²) in [4.78, 5) is 31.2. The van der Waals surface area contributed by atoms with E-state index in [9.17, 15) is 18.0 Å². The van der Waals surface area contributed by atoms with Crippen molar-refractivity contribution in [3.05, 3.63) is 24.3 Å². The van der Waals surface area contributed by atoms with Gasteiger partial charge in [-0.1, -0.05) is 12.1 Å². The number of hydrogen-bond donors (Lipinski definition) is 0. The number of likely N-dealkylation sites (N-methyl/N-ethyl adjacent to an activating group) is 1. The largest absolute Gasteiger partial charge is 0.485 e. The Kier molecular flexibility index (Phi) is 6.11. The fourth-order valence-electron chi connectivity index (χ4n) is 4.39. The van der Waals surface area contributed by atoms with Gasteiger partial charge in [-0.3, -0.25) is 14.5 Å². The Bertz CT molecular complexity index is 944. The average molecular weight is 452 g/mol. The number of carbonyl (C=O) groups excluding carboxylic acids is 2. The number of sulfone groups is 1. The number of piperazine rings is 1. The Labute approximate surface area is 182 Å². The number of rotatable bonds is 4. The van der Waals surface area contributed by atoms with Crippen LogP contribution in [-0.4, -0.2) is 104 Å². The first-order valence-corrected chi connectivity index (χ1v) is 12.5. The number of nitrogens with zero attached hydrogens (tertiary/aromatic N) is 3. The SMILES string of the molecule is CC(C(=O)N(C)C1CCS(=O)(=O)C1)N1CCN(C(=O)C2COc3ccccc3O2)CC1. The molecule has 3 heterocycles. The molecule has 2 amide bonds. The number of hydrogen-bond acceptors (Lipinski definition) is 7. The summed E-state index contributed by atoms with van der Waals surface area (Å²) in [6, 6.07) is 6.66. The van der Waals surface area contributed by atoms with Crippen LogP contribution in [-0.2, 0) is 19.4 Å². The zero-order valence-corrected chi connectivity index (χ0v) is 18.7. The third-order valence-electron chi connectivity index (χ3n) is 6.42. The highest BCUT2D eigenvalue weighted by Crippen LogP contribution is 2.31. The van der Waals surface area contributed by atoms with Crippen LogP contribution in [0.1, 0.15) is 13.3 Å². The van der Waals surface area contributed by atoms with E-state index in [1.807, 2.05) is 30.0 Å². The summed E-state index contributed by atoms with van der Waals surface area (Å²) in [6.07, 6.45) is -0.178. The van der Waals surface area contributed by atoms with Gasteiger partial charge in [-0.25, -0.2) is 8.42 Å². The minimum absolute atomic E-state index is 0.0385. The maximum atomic E-state index is 12.9. The van der Waals surface area contributed by atoms with Gasteiger partial charge in [0.15, 0.2) is 21.3 Å². The molecular formula is C21H29N3O6S. The highest BCUT2D eigenvalue weighted by Gasteiger charge is 2.37. The van der Waals surface area contributed by atoms with Crippen molar-refractivity contribution in [3.63, 3.8) is 0 Å². The zero-order valence-electron chi connectivity index (χ0n) is 17.9. The number of benzene rings is 1. The fourth-order valence-corrected chi connectivity index (χ4v) is 6.16. The first kappa shape index (κ1) is 21.9. The summed E-state index contributed by atoms with van der Waals surface area (Å²) in [7, 11) is -1.36. The van der Waals surface area contributed by atoms with Crippen molar-refractivity contribution in [2.75, 3.05) is 51.3 Å². The Morgan fingerprint density at radius 1 is 1.13 bits per heavy atom. The third kappa shape index (κ3) is 4.64. The quantitative estimate of drug-likeness (QED) is 0.636. The number of carbonyl (C=O) groups is 2. The van der Waals surface area contributed by atoms with Gasteiger partial charge in [0, 0.05) is 39.3 Å². The number of amides is 2. The molecular weight excluding hydrogens is 422 g/mol. The van der Waals surface area contributed by atoms with Gasteiger partial charge < -0.3 is 19.3 Å². The molecule has 0 aromatic heterocycles. The van der Waals surface area contributed by atoms with Crippen LogP contribution in [0.5, 0.6) is 11.5 Å². The van der Waals surface area contributed by atoms with Crippen molar-refractivity contribution in [3.8, 4) is 11.5 Å². The molecule has 3 unspecified atom stereocenters. The van der Waals surface area contributed by atoms with Crippen molar-refractivity contribution < 1.29 is 27.5 Å². The first-order valence-electron chi connectivity index (χ1n) is 10.6. The van der Waals surface area contributed by atoms with Gasteiger partial charge >= 0.3 is 0 Å². The van der Waals surface area contributed by atoms with Crippen molar-refractivity contribution in [2.24, 2.45) is 0 Å². The molecule has 3 atom stereocenters. The smallest absolute Gasteiger partial charge is 0.267 e. The maximum Gasteiger partial charge on any atom is 0.267 e. The molecule has 0 N–H and O–H groups in total. The van der Waals surface area contributed by atoms with Crippen LogP contribution < -0.4 is 9.47 Å². The first-order chi connectivity index (χ1) is 14.7. The summed E-state index contributed by atoms with van der Waals surface area (Å²) in [5, 5.41) is 0. The van der Waals surface area contributed by atoms with Crippen LogP contribution in [0.25, 0.3) is 0 Å². The highest BCUT2D eigenvalue weighted by atomic mass is 32.2. The van der Waals surface area contributed by atoms with Crippen LogP contribution in [0.3, 0.4) is 0 Å². The lowest BCUT2D eigenvalue weighted by Crippen LogP contribution is -2.58. The molecule has 1 aromatic rings. The molecule has 0 aliphatic carbocycles. The van der Waals surface area contributed by atoms with Crippen molar-refractivity contribution in [1.82, 2.24) is 14.7 Å². The number of para-hydroxylation sites is 2.